The Bertz CT molecular complexity index is 614. The Morgan fingerprint density at radius 2 is 1.78 bits per heavy atom. The first-order chi connectivity index (χ1) is 10.6. The molecule has 0 spiro atoms. The number of esters is 2. The minimum atomic E-state index is -0.743. The second-order valence-corrected chi connectivity index (χ2v) is 6.62. The molecule has 1 aromatic heterocycles. The number of ether oxygens (including phenoxy) is 3. The number of nitrogens with one attached hydrogen (secondary N) is 1. The van der Waals surface area contributed by atoms with Crippen LogP contribution < -0.4 is 5.32 Å². The zero-order valence-electron chi connectivity index (χ0n) is 14.1. The fourth-order valence-electron chi connectivity index (χ4n) is 1.71. The van der Waals surface area contributed by atoms with E-state index in [4.69, 9.17) is 9.47 Å². The molecule has 0 atom stereocenters. The monoisotopic (exact) mass is 343 g/mol. The number of anilines is 1. The summed E-state index contributed by atoms with van der Waals surface area (Å²) >= 11 is 0.945. The lowest BCUT2D eigenvalue weighted by atomic mass is 10.1. The molecule has 7 nitrogen and oxygen atoms in total. The standard InChI is InChI=1S/C15H21NO6S/c1-7-21-12(17)9-8(2)10(13(18)22-15(3,4)5)23-11(9)16-14(19)20-6/h7H2,1-6H3,(H,16,19). The van der Waals surface area contributed by atoms with E-state index in [-0.39, 0.29) is 22.0 Å². The highest BCUT2D eigenvalue weighted by molar-refractivity contribution is 7.18. The highest BCUT2D eigenvalue weighted by atomic mass is 32.1. The third kappa shape index (κ3) is 4.95. The first kappa shape index (κ1) is 19.0. The van der Waals surface area contributed by atoms with E-state index in [0.717, 1.165) is 11.3 Å². The van der Waals surface area contributed by atoms with E-state index in [1.165, 1.54) is 7.11 Å². The van der Waals surface area contributed by atoms with E-state index in [0.29, 0.717) is 5.56 Å². The summed E-state index contributed by atoms with van der Waals surface area (Å²) in [7, 11) is 1.20. The van der Waals surface area contributed by atoms with Gasteiger partial charge in [0.05, 0.1) is 19.3 Å². The van der Waals surface area contributed by atoms with E-state index < -0.39 is 23.6 Å². The SMILES string of the molecule is CCOC(=O)c1c(NC(=O)OC)sc(C(=O)OC(C)(C)C)c1C. The highest BCUT2D eigenvalue weighted by Gasteiger charge is 2.29. The van der Waals surface area contributed by atoms with Crippen LogP contribution in [0.1, 0.15) is 53.3 Å². The van der Waals surface area contributed by atoms with Crippen LogP contribution in [0.25, 0.3) is 0 Å². The fraction of sp³-hybridized carbons (Fsp3) is 0.533. The average Bonchev–Trinajstić information content (AvgIpc) is 2.73. The van der Waals surface area contributed by atoms with Crippen LogP contribution in [0.3, 0.4) is 0 Å². The van der Waals surface area contributed by atoms with E-state index in [1.807, 2.05) is 0 Å². The summed E-state index contributed by atoms with van der Waals surface area (Å²) in [6, 6.07) is 0. The normalized spacial score (nSPS) is 10.9. The van der Waals surface area contributed by atoms with Gasteiger partial charge in [0, 0.05) is 0 Å². The van der Waals surface area contributed by atoms with E-state index in [1.54, 1.807) is 34.6 Å². The molecule has 128 valence electrons. The topological polar surface area (TPSA) is 90.9 Å². The number of carbonyl (C=O) groups is 3. The highest BCUT2D eigenvalue weighted by Crippen LogP contribution is 2.35. The summed E-state index contributed by atoms with van der Waals surface area (Å²) in [5.74, 6) is -1.19. The van der Waals surface area contributed by atoms with Gasteiger partial charge in [0.1, 0.15) is 15.5 Å². The molecule has 0 unspecified atom stereocenters. The molecule has 0 bridgehead atoms. The van der Waals surface area contributed by atoms with E-state index >= 15 is 0 Å². The van der Waals surface area contributed by atoms with Crippen molar-refractivity contribution in [2.75, 3.05) is 19.0 Å². The first-order valence-electron chi connectivity index (χ1n) is 6.99. The van der Waals surface area contributed by atoms with Crippen molar-refractivity contribution in [2.24, 2.45) is 0 Å². The summed E-state index contributed by atoms with van der Waals surface area (Å²) in [4.78, 5) is 36.1. The molecule has 1 heterocycles. The van der Waals surface area contributed by atoms with Crippen LogP contribution in [0.5, 0.6) is 0 Å². The summed E-state index contributed by atoms with van der Waals surface area (Å²) in [5.41, 5.74) is -0.148. The van der Waals surface area contributed by atoms with Gasteiger partial charge in [0.2, 0.25) is 0 Å². The molecule has 0 saturated heterocycles. The van der Waals surface area contributed by atoms with Gasteiger partial charge in [0.15, 0.2) is 0 Å². The molecule has 0 aliphatic rings. The second-order valence-electron chi connectivity index (χ2n) is 5.60. The summed E-state index contributed by atoms with van der Waals surface area (Å²) < 4.78 is 14.8. The Kier molecular flexibility index (Phi) is 6.14. The third-order valence-electron chi connectivity index (χ3n) is 2.61. The minimum Gasteiger partial charge on any atom is -0.462 e. The van der Waals surface area contributed by atoms with Crippen LogP contribution in [0.15, 0.2) is 0 Å². The van der Waals surface area contributed by atoms with Gasteiger partial charge in [-0.05, 0) is 40.2 Å². The van der Waals surface area contributed by atoms with Crippen LogP contribution in [0.2, 0.25) is 0 Å². The minimum absolute atomic E-state index is 0.128. The number of rotatable bonds is 4. The lowest BCUT2D eigenvalue weighted by molar-refractivity contribution is 0.00744. The van der Waals surface area contributed by atoms with E-state index in [9.17, 15) is 14.4 Å². The molecule has 0 fully saturated rings. The van der Waals surface area contributed by atoms with Gasteiger partial charge >= 0.3 is 18.0 Å². The van der Waals surface area contributed by atoms with Crippen molar-refractivity contribution < 1.29 is 28.6 Å². The molecule has 0 aliphatic heterocycles. The number of carbonyl (C=O) groups excluding carboxylic acids is 3. The smallest absolute Gasteiger partial charge is 0.411 e. The van der Waals surface area contributed by atoms with Gasteiger partial charge in [-0.25, -0.2) is 14.4 Å². The van der Waals surface area contributed by atoms with Crippen molar-refractivity contribution in [2.45, 2.75) is 40.2 Å². The predicted octanol–water partition coefficient (Wildman–Crippen LogP) is 3.37. The fourth-order valence-corrected chi connectivity index (χ4v) is 2.77. The zero-order valence-corrected chi connectivity index (χ0v) is 14.9. The van der Waals surface area contributed by atoms with Crippen molar-refractivity contribution in [1.82, 2.24) is 0 Å². The van der Waals surface area contributed by atoms with Crippen molar-refractivity contribution >= 4 is 34.4 Å². The maximum absolute atomic E-state index is 12.3. The average molecular weight is 343 g/mol. The van der Waals surface area contributed by atoms with Gasteiger partial charge in [-0.3, -0.25) is 5.32 Å². The molecule has 0 radical (unpaired) electrons. The quantitative estimate of drug-likeness (QED) is 0.666. The van der Waals surface area contributed by atoms with Crippen molar-refractivity contribution in [1.29, 1.82) is 0 Å². The maximum Gasteiger partial charge on any atom is 0.411 e. The molecule has 1 amide bonds. The molecule has 0 aliphatic carbocycles. The van der Waals surface area contributed by atoms with Gasteiger partial charge in [-0.1, -0.05) is 0 Å². The van der Waals surface area contributed by atoms with Gasteiger partial charge < -0.3 is 14.2 Å². The van der Waals surface area contributed by atoms with Crippen LogP contribution >= 0.6 is 11.3 Å². The summed E-state index contributed by atoms with van der Waals surface area (Å²) in [5, 5.41) is 2.62. The van der Waals surface area contributed by atoms with Crippen molar-refractivity contribution in [3.63, 3.8) is 0 Å². The van der Waals surface area contributed by atoms with Crippen LogP contribution in [-0.2, 0) is 14.2 Å². The number of thiophene rings is 1. The lowest BCUT2D eigenvalue weighted by Crippen LogP contribution is -2.23. The summed E-state index contributed by atoms with van der Waals surface area (Å²) in [6.07, 6.45) is -0.743. The molecular weight excluding hydrogens is 322 g/mol. The Hall–Kier alpha value is -2.09. The number of amides is 1. The molecule has 0 saturated carbocycles. The Morgan fingerprint density at radius 3 is 2.26 bits per heavy atom. The van der Waals surface area contributed by atoms with Crippen molar-refractivity contribution in [3.05, 3.63) is 16.0 Å². The molecule has 1 rings (SSSR count). The number of methoxy groups -OCH3 is 1. The Morgan fingerprint density at radius 1 is 1.17 bits per heavy atom. The predicted molar refractivity (Wildman–Crippen MR) is 86.2 cm³/mol. The number of hydrogen-bond donors (Lipinski definition) is 1. The summed E-state index contributed by atoms with van der Waals surface area (Å²) in [6.45, 7) is 8.68. The maximum atomic E-state index is 12.3. The van der Waals surface area contributed by atoms with Crippen molar-refractivity contribution in [3.8, 4) is 0 Å². The third-order valence-corrected chi connectivity index (χ3v) is 3.80. The Labute approximate surface area is 138 Å². The number of hydrogen-bond acceptors (Lipinski definition) is 7. The molecule has 0 aromatic carbocycles. The van der Waals surface area contributed by atoms with Gasteiger partial charge in [0.25, 0.3) is 0 Å². The van der Waals surface area contributed by atoms with Crippen LogP contribution in [0, 0.1) is 6.92 Å². The molecular formula is C15H21NO6S. The first-order valence-corrected chi connectivity index (χ1v) is 7.81. The molecule has 1 N–H and O–H groups in total. The second kappa shape index (κ2) is 7.45. The van der Waals surface area contributed by atoms with Crippen LogP contribution in [-0.4, -0.2) is 37.3 Å². The Balaban J connectivity index is 3.28. The van der Waals surface area contributed by atoms with Gasteiger partial charge in [-0.15, -0.1) is 11.3 Å². The van der Waals surface area contributed by atoms with E-state index in [2.05, 4.69) is 10.1 Å². The molecule has 8 heteroatoms. The largest absolute Gasteiger partial charge is 0.462 e. The lowest BCUT2D eigenvalue weighted by Gasteiger charge is -2.19. The van der Waals surface area contributed by atoms with Crippen LogP contribution in [0.4, 0.5) is 9.80 Å². The zero-order chi connectivity index (χ0) is 17.8. The molecule has 1 aromatic rings. The van der Waals surface area contributed by atoms with Gasteiger partial charge in [-0.2, -0.15) is 0 Å². The molecule has 23 heavy (non-hydrogen) atoms.